The summed E-state index contributed by atoms with van der Waals surface area (Å²) in [6.07, 6.45) is 1.21. The number of rotatable bonds is 3. The molecule has 1 aliphatic rings. The summed E-state index contributed by atoms with van der Waals surface area (Å²) < 4.78 is 10.6. The van der Waals surface area contributed by atoms with Crippen molar-refractivity contribution in [3.8, 4) is 11.5 Å². The minimum Gasteiger partial charge on any atom is -0.486 e. The van der Waals surface area contributed by atoms with E-state index in [1.54, 1.807) is 0 Å². The first-order valence-corrected chi connectivity index (χ1v) is 5.90. The molecule has 1 aromatic heterocycles. The third kappa shape index (κ3) is 2.45. The number of carbonyl (C=O) groups excluding carboxylic acids is 1. The summed E-state index contributed by atoms with van der Waals surface area (Å²) in [4.78, 5) is 22.4. The summed E-state index contributed by atoms with van der Waals surface area (Å²) in [5, 5.41) is 22.9. The normalized spacial score (nSPS) is 12.8. The van der Waals surface area contributed by atoms with Crippen molar-refractivity contribution in [1.29, 1.82) is 0 Å². The van der Waals surface area contributed by atoms with E-state index in [1.807, 2.05) is 0 Å². The topological polar surface area (TPSA) is 132 Å². The van der Waals surface area contributed by atoms with Crippen LogP contribution in [0.25, 0.3) is 0 Å². The van der Waals surface area contributed by atoms with E-state index in [0.29, 0.717) is 19.0 Å². The van der Waals surface area contributed by atoms with Crippen LogP contribution < -0.4 is 14.8 Å². The molecule has 108 valence electrons. The molecule has 1 amide bonds. The van der Waals surface area contributed by atoms with E-state index in [0.717, 1.165) is 0 Å². The number of nitro groups is 1. The van der Waals surface area contributed by atoms with Crippen LogP contribution in [0.3, 0.4) is 0 Å². The second-order valence-electron chi connectivity index (χ2n) is 4.08. The second-order valence-corrected chi connectivity index (χ2v) is 4.08. The number of nitrogens with zero attached hydrogens (tertiary/aromatic N) is 3. The molecule has 10 heteroatoms. The molecule has 21 heavy (non-hydrogen) atoms. The molecule has 2 heterocycles. The number of carbonyl (C=O) groups is 1. The van der Waals surface area contributed by atoms with Crippen LogP contribution in [0.2, 0.25) is 0 Å². The maximum Gasteiger partial charge on any atom is 0.296 e. The molecule has 0 fully saturated rings. The molecule has 2 aromatic rings. The molecule has 0 saturated heterocycles. The SMILES string of the molecule is O=C(Nc1cc2c(cc1[N+](=O)[O-])OCCO2)c1cn[nH]n1. The first-order chi connectivity index (χ1) is 10.1. The summed E-state index contributed by atoms with van der Waals surface area (Å²) in [6.45, 7) is 0.649. The lowest BCUT2D eigenvalue weighted by molar-refractivity contribution is -0.384. The number of hydrogen-bond donors (Lipinski definition) is 2. The second kappa shape index (κ2) is 5.07. The van der Waals surface area contributed by atoms with Gasteiger partial charge in [0.2, 0.25) is 0 Å². The Morgan fingerprint density at radius 1 is 1.33 bits per heavy atom. The molecule has 0 saturated carbocycles. The van der Waals surface area contributed by atoms with Crippen LogP contribution in [0.5, 0.6) is 11.5 Å². The maximum absolute atomic E-state index is 11.9. The van der Waals surface area contributed by atoms with Crippen LogP contribution in [-0.2, 0) is 0 Å². The van der Waals surface area contributed by atoms with Crippen molar-refractivity contribution in [3.63, 3.8) is 0 Å². The standard InChI is InChI=1S/C11H9N5O5/c17-11(7-5-12-15-14-7)13-6-3-9-10(21-2-1-20-9)4-8(6)16(18)19/h3-5H,1-2H2,(H,13,17)(H,12,14,15). The summed E-state index contributed by atoms with van der Waals surface area (Å²) in [7, 11) is 0. The van der Waals surface area contributed by atoms with Gasteiger partial charge in [-0.3, -0.25) is 14.9 Å². The molecule has 3 rings (SSSR count). The lowest BCUT2D eigenvalue weighted by atomic mass is 10.2. The molecule has 1 aliphatic heterocycles. The summed E-state index contributed by atoms with van der Waals surface area (Å²) in [5.74, 6) is -0.0155. The highest BCUT2D eigenvalue weighted by atomic mass is 16.6. The maximum atomic E-state index is 11.9. The molecule has 0 spiro atoms. The molecule has 0 bridgehead atoms. The zero-order valence-corrected chi connectivity index (χ0v) is 10.5. The summed E-state index contributed by atoms with van der Waals surface area (Å²) >= 11 is 0. The minimum absolute atomic E-state index is 0.00255. The average molecular weight is 291 g/mol. The number of H-pyrrole nitrogens is 1. The fourth-order valence-electron chi connectivity index (χ4n) is 1.83. The predicted molar refractivity (Wildman–Crippen MR) is 68.4 cm³/mol. The van der Waals surface area contributed by atoms with Crippen molar-refractivity contribution in [2.75, 3.05) is 18.5 Å². The zero-order chi connectivity index (χ0) is 14.8. The van der Waals surface area contributed by atoms with Crippen LogP contribution >= 0.6 is 0 Å². The van der Waals surface area contributed by atoms with Crippen LogP contribution in [0.15, 0.2) is 18.3 Å². The van der Waals surface area contributed by atoms with Gasteiger partial charge in [-0.05, 0) is 0 Å². The molecule has 2 N–H and O–H groups in total. The predicted octanol–water partition coefficient (Wildman–Crippen LogP) is 0.736. The Morgan fingerprint density at radius 2 is 2.05 bits per heavy atom. The Labute approximate surface area is 117 Å². The van der Waals surface area contributed by atoms with Crippen molar-refractivity contribution in [2.45, 2.75) is 0 Å². The Kier molecular flexibility index (Phi) is 3.10. The van der Waals surface area contributed by atoms with Crippen molar-refractivity contribution in [3.05, 3.63) is 34.1 Å². The van der Waals surface area contributed by atoms with Gasteiger partial charge in [0.25, 0.3) is 11.6 Å². The number of hydrogen-bond acceptors (Lipinski definition) is 7. The largest absolute Gasteiger partial charge is 0.486 e. The van der Waals surface area contributed by atoms with Gasteiger partial charge in [-0.1, -0.05) is 0 Å². The Hall–Kier alpha value is -3.17. The molecule has 0 atom stereocenters. The Morgan fingerprint density at radius 3 is 2.67 bits per heavy atom. The molecule has 0 radical (unpaired) electrons. The Bertz CT molecular complexity index is 699. The van der Waals surface area contributed by atoms with E-state index in [1.165, 1.54) is 18.3 Å². The number of benzene rings is 1. The smallest absolute Gasteiger partial charge is 0.296 e. The summed E-state index contributed by atoms with van der Waals surface area (Å²) in [6, 6.07) is 2.57. The first-order valence-electron chi connectivity index (χ1n) is 5.90. The molecular weight excluding hydrogens is 282 g/mol. The van der Waals surface area contributed by atoms with Gasteiger partial charge in [0.15, 0.2) is 17.2 Å². The van der Waals surface area contributed by atoms with E-state index >= 15 is 0 Å². The van der Waals surface area contributed by atoms with Gasteiger partial charge in [0.1, 0.15) is 18.9 Å². The number of anilines is 1. The van der Waals surface area contributed by atoms with Crippen molar-refractivity contribution in [1.82, 2.24) is 15.4 Å². The molecule has 0 aliphatic carbocycles. The zero-order valence-electron chi connectivity index (χ0n) is 10.5. The third-order valence-electron chi connectivity index (χ3n) is 2.75. The lowest BCUT2D eigenvalue weighted by Gasteiger charge is -2.19. The minimum atomic E-state index is -0.622. The molecule has 10 nitrogen and oxygen atoms in total. The highest BCUT2D eigenvalue weighted by molar-refractivity contribution is 6.04. The van der Waals surface area contributed by atoms with Gasteiger partial charge in [0, 0.05) is 6.07 Å². The van der Waals surface area contributed by atoms with Gasteiger partial charge in [-0.15, -0.1) is 0 Å². The molecular formula is C11H9N5O5. The van der Waals surface area contributed by atoms with Gasteiger partial charge < -0.3 is 14.8 Å². The van der Waals surface area contributed by atoms with Gasteiger partial charge in [-0.2, -0.15) is 15.4 Å². The van der Waals surface area contributed by atoms with E-state index in [9.17, 15) is 14.9 Å². The van der Waals surface area contributed by atoms with Crippen molar-refractivity contribution in [2.24, 2.45) is 0 Å². The third-order valence-corrected chi connectivity index (χ3v) is 2.75. The molecule has 1 aromatic carbocycles. The number of ether oxygens (including phenoxy) is 2. The van der Waals surface area contributed by atoms with E-state index in [-0.39, 0.29) is 22.8 Å². The molecule has 0 unspecified atom stereocenters. The Balaban J connectivity index is 1.96. The number of amides is 1. The van der Waals surface area contributed by atoms with Crippen LogP contribution in [0.4, 0.5) is 11.4 Å². The fourth-order valence-corrected chi connectivity index (χ4v) is 1.83. The van der Waals surface area contributed by atoms with E-state index < -0.39 is 10.8 Å². The van der Waals surface area contributed by atoms with Crippen molar-refractivity contribution < 1.29 is 19.2 Å². The number of fused-ring (bicyclic) bond motifs is 1. The quantitative estimate of drug-likeness (QED) is 0.629. The van der Waals surface area contributed by atoms with Crippen molar-refractivity contribution >= 4 is 17.3 Å². The monoisotopic (exact) mass is 291 g/mol. The van der Waals surface area contributed by atoms with Crippen LogP contribution in [0, 0.1) is 10.1 Å². The van der Waals surface area contributed by atoms with Crippen LogP contribution in [0.1, 0.15) is 10.5 Å². The van der Waals surface area contributed by atoms with Gasteiger partial charge >= 0.3 is 0 Å². The average Bonchev–Trinajstić information content (AvgIpc) is 3.00. The fraction of sp³-hybridized carbons (Fsp3) is 0.182. The van der Waals surface area contributed by atoms with E-state index in [4.69, 9.17) is 9.47 Å². The lowest BCUT2D eigenvalue weighted by Crippen LogP contribution is -2.17. The first kappa shape index (κ1) is 12.8. The number of aromatic amines is 1. The summed E-state index contributed by atoms with van der Waals surface area (Å²) in [5.41, 5.74) is -0.285. The van der Waals surface area contributed by atoms with Gasteiger partial charge in [0.05, 0.1) is 17.2 Å². The van der Waals surface area contributed by atoms with Crippen LogP contribution in [-0.4, -0.2) is 39.5 Å². The van der Waals surface area contributed by atoms with Gasteiger partial charge in [-0.25, -0.2) is 0 Å². The van der Waals surface area contributed by atoms with E-state index in [2.05, 4.69) is 20.7 Å². The number of nitro benzene ring substituents is 1. The highest BCUT2D eigenvalue weighted by Crippen LogP contribution is 2.39. The number of aromatic nitrogens is 3. The number of nitrogens with one attached hydrogen (secondary N) is 2. The highest BCUT2D eigenvalue weighted by Gasteiger charge is 2.24.